The van der Waals surface area contributed by atoms with Crippen LogP contribution in [0.2, 0.25) is 5.02 Å². The van der Waals surface area contributed by atoms with E-state index < -0.39 is 0 Å². The summed E-state index contributed by atoms with van der Waals surface area (Å²) < 4.78 is 5.56. The lowest BCUT2D eigenvalue weighted by molar-refractivity contribution is 0.180. The Bertz CT molecular complexity index is 628. The number of benzene rings is 1. The molecule has 0 amide bonds. The maximum absolute atomic E-state index is 11.8. The second-order valence-corrected chi connectivity index (χ2v) is 5.07. The van der Waals surface area contributed by atoms with Gasteiger partial charge in [0.1, 0.15) is 9.39 Å². The normalized spacial score (nSPS) is 10.6. The van der Waals surface area contributed by atoms with Gasteiger partial charge in [-0.25, -0.2) is 4.98 Å². The first-order valence-electron chi connectivity index (χ1n) is 5.16. The molecule has 0 aliphatic heterocycles. The fraction of sp³-hybridized carbons (Fsp3) is 0.167. The molecule has 0 spiro atoms. The Labute approximate surface area is 122 Å². The van der Waals surface area contributed by atoms with Crippen molar-refractivity contribution in [2.45, 2.75) is 6.61 Å². The van der Waals surface area contributed by atoms with Crippen molar-refractivity contribution in [2.24, 2.45) is 0 Å². The monoisotopic (exact) mass is 376 g/mol. The lowest BCUT2D eigenvalue weighted by Crippen LogP contribution is -2.16. The standard InChI is InChI=1S/C12H10ClIN2O2/c1-18-6-9-10(14)12(17)16-11(15-9)7-4-2-3-5-8(7)13/h2-5H,6H2,1H3,(H,15,16,17). The van der Waals surface area contributed by atoms with Gasteiger partial charge in [0.05, 0.1) is 17.3 Å². The number of aromatic amines is 1. The molecule has 0 aliphatic carbocycles. The molecular formula is C12H10ClIN2O2. The minimum absolute atomic E-state index is 0.187. The molecule has 2 aromatic rings. The molecule has 1 N–H and O–H groups in total. The summed E-state index contributed by atoms with van der Waals surface area (Å²) in [5, 5.41) is 0.547. The predicted octanol–water partition coefficient (Wildman–Crippen LogP) is 2.84. The number of methoxy groups -OCH3 is 1. The number of H-pyrrole nitrogens is 1. The van der Waals surface area contributed by atoms with Crippen LogP contribution in [0.5, 0.6) is 0 Å². The van der Waals surface area contributed by atoms with Crippen LogP contribution in [0.4, 0.5) is 0 Å². The Morgan fingerprint density at radius 2 is 2.17 bits per heavy atom. The van der Waals surface area contributed by atoms with Gasteiger partial charge in [0.2, 0.25) is 0 Å². The number of nitrogens with one attached hydrogen (secondary N) is 1. The van der Waals surface area contributed by atoms with E-state index >= 15 is 0 Å². The average Bonchev–Trinajstić information content (AvgIpc) is 2.35. The van der Waals surface area contributed by atoms with Crippen molar-refractivity contribution in [1.29, 1.82) is 0 Å². The van der Waals surface area contributed by atoms with Gasteiger partial charge >= 0.3 is 0 Å². The number of hydrogen-bond donors (Lipinski definition) is 1. The molecule has 18 heavy (non-hydrogen) atoms. The van der Waals surface area contributed by atoms with Gasteiger partial charge in [0, 0.05) is 12.7 Å². The van der Waals surface area contributed by atoms with Crippen LogP contribution in [-0.4, -0.2) is 17.1 Å². The zero-order valence-corrected chi connectivity index (χ0v) is 12.4. The Hall–Kier alpha value is -0.920. The van der Waals surface area contributed by atoms with E-state index in [0.717, 1.165) is 0 Å². The van der Waals surface area contributed by atoms with Crippen LogP contribution in [0.1, 0.15) is 5.69 Å². The number of aromatic nitrogens is 2. The highest BCUT2D eigenvalue weighted by atomic mass is 127. The summed E-state index contributed by atoms with van der Waals surface area (Å²) >= 11 is 8.04. The summed E-state index contributed by atoms with van der Waals surface area (Å²) in [6.07, 6.45) is 0. The van der Waals surface area contributed by atoms with Crippen molar-refractivity contribution in [3.05, 3.63) is 48.9 Å². The van der Waals surface area contributed by atoms with Crippen LogP contribution in [-0.2, 0) is 11.3 Å². The Morgan fingerprint density at radius 3 is 2.83 bits per heavy atom. The van der Waals surface area contributed by atoms with Crippen molar-refractivity contribution in [2.75, 3.05) is 7.11 Å². The number of hydrogen-bond acceptors (Lipinski definition) is 3. The minimum atomic E-state index is -0.187. The van der Waals surface area contributed by atoms with E-state index in [2.05, 4.69) is 9.97 Å². The van der Waals surface area contributed by atoms with E-state index in [1.165, 1.54) is 0 Å². The summed E-state index contributed by atoms with van der Waals surface area (Å²) in [5.74, 6) is 0.457. The van der Waals surface area contributed by atoms with E-state index in [-0.39, 0.29) is 5.56 Å². The predicted molar refractivity (Wildman–Crippen MR) is 78.7 cm³/mol. The lowest BCUT2D eigenvalue weighted by Gasteiger charge is -2.07. The Morgan fingerprint density at radius 1 is 1.44 bits per heavy atom. The molecular weight excluding hydrogens is 367 g/mol. The third kappa shape index (κ3) is 2.73. The van der Waals surface area contributed by atoms with E-state index in [9.17, 15) is 4.79 Å². The fourth-order valence-electron chi connectivity index (χ4n) is 1.52. The molecule has 0 saturated heterocycles. The second-order valence-electron chi connectivity index (χ2n) is 3.59. The van der Waals surface area contributed by atoms with E-state index in [4.69, 9.17) is 16.3 Å². The molecule has 6 heteroatoms. The van der Waals surface area contributed by atoms with Crippen LogP contribution in [0.25, 0.3) is 11.4 Å². The first-order valence-corrected chi connectivity index (χ1v) is 6.61. The molecule has 0 fully saturated rings. The second kappa shape index (κ2) is 5.81. The SMILES string of the molecule is COCc1nc(-c2ccccc2Cl)[nH]c(=O)c1I. The average molecular weight is 377 g/mol. The Balaban J connectivity index is 2.59. The first-order chi connectivity index (χ1) is 8.63. The van der Waals surface area contributed by atoms with E-state index in [1.807, 2.05) is 40.8 Å². The third-order valence-electron chi connectivity index (χ3n) is 2.34. The molecule has 1 heterocycles. The van der Waals surface area contributed by atoms with Crippen LogP contribution in [0.15, 0.2) is 29.1 Å². The highest BCUT2D eigenvalue weighted by Crippen LogP contribution is 2.24. The molecule has 94 valence electrons. The highest BCUT2D eigenvalue weighted by molar-refractivity contribution is 14.1. The number of rotatable bonds is 3. The summed E-state index contributed by atoms with van der Waals surface area (Å²) in [5.41, 5.74) is 1.12. The molecule has 0 bridgehead atoms. The van der Waals surface area contributed by atoms with Gasteiger partial charge in [-0.3, -0.25) is 4.79 Å². The number of halogens is 2. The van der Waals surface area contributed by atoms with Crippen molar-refractivity contribution in [3.8, 4) is 11.4 Å². The molecule has 0 atom stereocenters. The number of nitrogens with zero attached hydrogens (tertiary/aromatic N) is 1. The fourth-order valence-corrected chi connectivity index (χ4v) is 2.16. The van der Waals surface area contributed by atoms with Gasteiger partial charge in [-0.2, -0.15) is 0 Å². The largest absolute Gasteiger partial charge is 0.378 e. The zero-order valence-electron chi connectivity index (χ0n) is 9.54. The van der Waals surface area contributed by atoms with E-state index in [0.29, 0.717) is 32.3 Å². The highest BCUT2D eigenvalue weighted by Gasteiger charge is 2.11. The molecule has 0 saturated carbocycles. The van der Waals surface area contributed by atoms with Crippen LogP contribution >= 0.6 is 34.2 Å². The Kier molecular flexibility index (Phi) is 4.36. The summed E-state index contributed by atoms with van der Waals surface area (Å²) in [6, 6.07) is 7.23. The molecule has 1 aromatic heterocycles. The molecule has 4 nitrogen and oxygen atoms in total. The van der Waals surface area contributed by atoms with Crippen molar-refractivity contribution in [1.82, 2.24) is 9.97 Å². The molecule has 0 unspecified atom stereocenters. The zero-order chi connectivity index (χ0) is 13.1. The van der Waals surface area contributed by atoms with Crippen molar-refractivity contribution < 1.29 is 4.74 Å². The summed E-state index contributed by atoms with van der Waals surface area (Å²) in [4.78, 5) is 18.9. The lowest BCUT2D eigenvalue weighted by atomic mass is 10.2. The minimum Gasteiger partial charge on any atom is -0.378 e. The first kappa shape index (κ1) is 13.5. The number of ether oxygens (including phenoxy) is 1. The topological polar surface area (TPSA) is 55.0 Å². The molecule has 2 rings (SSSR count). The maximum atomic E-state index is 11.8. The quantitative estimate of drug-likeness (QED) is 0.838. The third-order valence-corrected chi connectivity index (χ3v) is 3.78. The maximum Gasteiger partial charge on any atom is 0.264 e. The summed E-state index contributed by atoms with van der Waals surface area (Å²) in [7, 11) is 1.56. The van der Waals surface area contributed by atoms with Crippen LogP contribution in [0.3, 0.4) is 0 Å². The summed E-state index contributed by atoms with van der Waals surface area (Å²) in [6.45, 7) is 0.291. The van der Waals surface area contributed by atoms with Crippen molar-refractivity contribution in [3.63, 3.8) is 0 Å². The van der Waals surface area contributed by atoms with Gasteiger partial charge in [0.15, 0.2) is 0 Å². The van der Waals surface area contributed by atoms with Crippen LogP contribution < -0.4 is 5.56 Å². The van der Waals surface area contributed by atoms with Crippen LogP contribution in [0, 0.1) is 3.57 Å². The molecule has 0 radical (unpaired) electrons. The van der Waals surface area contributed by atoms with Gasteiger partial charge < -0.3 is 9.72 Å². The van der Waals surface area contributed by atoms with Gasteiger partial charge in [-0.15, -0.1) is 0 Å². The molecule has 0 aliphatic rings. The van der Waals surface area contributed by atoms with E-state index in [1.54, 1.807) is 13.2 Å². The van der Waals surface area contributed by atoms with Gasteiger partial charge in [-0.1, -0.05) is 23.7 Å². The molecule has 1 aromatic carbocycles. The van der Waals surface area contributed by atoms with Crippen molar-refractivity contribution >= 4 is 34.2 Å². The smallest absolute Gasteiger partial charge is 0.264 e. The van der Waals surface area contributed by atoms with Gasteiger partial charge in [-0.05, 0) is 34.7 Å². The van der Waals surface area contributed by atoms with Gasteiger partial charge in [0.25, 0.3) is 5.56 Å².